The van der Waals surface area contributed by atoms with Crippen molar-refractivity contribution in [2.24, 2.45) is 7.05 Å². The number of anilines is 1. The molecule has 0 saturated heterocycles. The first kappa shape index (κ1) is 13.0. The summed E-state index contributed by atoms with van der Waals surface area (Å²) in [7, 11) is 1.88. The average molecular weight is 310 g/mol. The standard InChI is InChI=1S/C13H16BrN3O/c1-3-12(16-10-7-15-17(2)8-10)11-6-9(14)4-5-13(11)18/h4-8,12,16,18H,3H2,1-2H3. The van der Waals surface area contributed by atoms with Crippen LogP contribution in [-0.4, -0.2) is 14.9 Å². The number of rotatable bonds is 4. The molecule has 1 aromatic heterocycles. The summed E-state index contributed by atoms with van der Waals surface area (Å²) in [5, 5.41) is 17.4. The second kappa shape index (κ2) is 5.44. The number of aryl methyl sites for hydroxylation is 1. The van der Waals surface area contributed by atoms with Gasteiger partial charge in [-0.1, -0.05) is 22.9 Å². The van der Waals surface area contributed by atoms with Crippen molar-refractivity contribution in [2.75, 3.05) is 5.32 Å². The lowest BCUT2D eigenvalue weighted by atomic mass is 10.0. The number of nitrogens with one attached hydrogen (secondary N) is 1. The topological polar surface area (TPSA) is 50.1 Å². The third kappa shape index (κ3) is 2.85. The summed E-state index contributed by atoms with van der Waals surface area (Å²) in [6.45, 7) is 2.08. The molecule has 4 nitrogen and oxygen atoms in total. The van der Waals surface area contributed by atoms with Gasteiger partial charge in [0.1, 0.15) is 5.75 Å². The quantitative estimate of drug-likeness (QED) is 0.909. The fraction of sp³-hybridized carbons (Fsp3) is 0.308. The van der Waals surface area contributed by atoms with Crippen LogP contribution in [-0.2, 0) is 7.05 Å². The second-order valence-corrected chi connectivity index (χ2v) is 5.13. The Morgan fingerprint density at radius 1 is 1.50 bits per heavy atom. The first-order valence-corrected chi connectivity index (χ1v) is 6.63. The number of phenolic OH excluding ortho intramolecular Hbond substituents is 1. The molecular weight excluding hydrogens is 294 g/mol. The van der Waals surface area contributed by atoms with Crippen LogP contribution in [0.2, 0.25) is 0 Å². The second-order valence-electron chi connectivity index (χ2n) is 4.21. The molecule has 0 spiro atoms. The molecule has 0 aliphatic heterocycles. The maximum atomic E-state index is 9.94. The Hall–Kier alpha value is -1.49. The lowest BCUT2D eigenvalue weighted by Crippen LogP contribution is -2.09. The van der Waals surface area contributed by atoms with E-state index in [1.54, 1.807) is 16.9 Å². The third-order valence-electron chi connectivity index (χ3n) is 2.82. The van der Waals surface area contributed by atoms with Gasteiger partial charge in [-0.25, -0.2) is 0 Å². The van der Waals surface area contributed by atoms with Crippen molar-refractivity contribution in [3.05, 3.63) is 40.6 Å². The van der Waals surface area contributed by atoms with E-state index in [4.69, 9.17) is 0 Å². The number of aromatic nitrogens is 2. The van der Waals surface area contributed by atoms with Gasteiger partial charge < -0.3 is 10.4 Å². The zero-order valence-electron chi connectivity index (χ0n) is 10.4. The summed E-state index contributed by atoms with van der Waals surface area (Å²) in [4.78, 5) is 0. The van der Waals surface area contributed by atoms with Crippen LogP contribution in [0.1, 0.15) is 24.9 Å². The van der Waals surface area contributed by atoms with Crippen molar-refractivity contribution in [1.82, 2.24) is 9.78 Å². The molecule has 96 valence electrons. The Morgan fingerprint density at radius 2 is 2.28 bits per heavy atom. The summed E-state index contributed by atoms with van der Waals surface area (Å²) in [5.41, 5.74) is 1.83. The Morgan fingerprint density at radius 3 is 2.89 bits per heavy atom. The molecule has 0 amide bonds. The van der Waals surface area contributed by atoms with E-state index in [1.165, 1.54) is 0 Å². The third-order valence-corrected chi connectivity index (χ3v) is 3.31. The molecule has 2 N–H and O–H groups in total. The molecule has 0 fully saturated rings. The molecule has 0 aliphatic rings. The minimum absolute atomic E-state index is 0.0618. The van der Waals surface area contributed by atoms with Crippen molar-refractivity contribution in [2.45, 2.75) is 19.4 Å². The molecule has 0 saturated carbocycles. The van der Waals surface area contributed by atoms with E-state index in [9.17, 15) is 5.11 Å². The molecule has 2 aromatic rings. The largest absolute Gasteiger partial charge is 0.508 e. The minimum atomic E-state index is 0.0618. The van der Waals surface area contributed by atoms with E-state index in [0.717, 1.165) is 22.1 Å². The highest BCUT2D eigenvalue weighted by Gasteiger charge is 2.14. The maximum absolute atomic E-state index is 9.94. The van der Waals surface area contributed by atoms with Gasteiger partial charge in [-0.05, 0) is 24.6 Å². The fourth-order valence-corrected chi connectivity index (χ4v) is 2.28. The zero-order chi connectivity index (χ0) is 13.1. The zero-order valence-corrected chi connectivity index (χ0v) is 12.0. The number of phenols is 1. The van der Waals surface area contributed by atoms with Crippen molar-refractivity contribution in [1.29, 1.82) is 0 Å². The Balaban J connectivity index is 2.25. The smallest absolute Gasteiger partial charge is 0.120 e. The molecule has 1 atom stereocenters. The van der Waals surface area contributed by atoms with Crippen molar-refractivity contribution in [3.8, 4) is 5.75 Å². The first-order valence-electron chi connectivity index (χ1n) is 5.83. The summed E-state index contributed by atoms with van der Waals surface area (Å²) < 4.78 is 2.71. The molecule has 1 heterocycles. The van der Waals surface area contributed by atoms with Gasteiger partial charge in [0.2, 0.25) is 0 Å². The van der Waals surface area contributed by atoms with Crippen molar-refractivity contribution >= 4 is 21.6 Å². The van der Waals surface area contributed by atoms with E-state index < -0.39 is 0 Å². The van der Waals surface area contributed by atoms with Gasteiger partial charge >= 0.3 is 0 Å². The van der Waals surface area contributed by atoms with Crippen LogP contribution >= 0.6 is 15.9 Å². The number of halogens is 1. The molecule has 1 aromatic carbocycles. The van der Waals surface area contributed by atoms with E-state index in [0.29, 0.717) is 5.75 Å². The maximum Gasteiger partial charge on any atom is 0.120 e. The predicted molar refractivity (Wildman–Crippen MR) is 75.7 cm³/mol. The van der Waals surface area contributed by atoms with Crippen LogP contribution in [0.5, 0.6) is 5.75 Å². The van der Waals surface area contributed by atoms with Gasteiger partial charge in [-0.2, -0.15) is 5.10 Å². The molecule has 5 heteroatoms. The fourth-order valence-electron chi connectivity index (χ4n) is 1.90. The van der Waals surface area contributed by atoms with Gasteiger partial charge in [0, 0.05) is 23.3 Å². The molecular formula is C13H16BrN3O. The van der Waals surface area contributed by atoms with Crippen LogP contribution in [0.25, 0.3) is 0 Å². The number of nitrogens with zero attached hydrogens (tertiary/aromatic N) is 2. The molecule has 0 radical (unpaired) electrons. The van der Waals surface area contributed by atoms with Crippen LogP contribution in [0.15, 0.2) is 35.1 Å². The Bertz CT molecular complexity index is 539. The van der Waals surface area contributed by atoms with Crippen LogP contribution in [0, 0.1) is 0 Å². The predicted octanol–water partition coefficient (Wildman–Crippen LogP) is 3.45. The first-order chi connectivity index (χ1) is 8.60. The molecule has 18 heavy (non-hydrogen) atoms. The summed E-state index contributed by atoms with van der Waals surface area (Å²) in [5.74, 6) is 0.307. The number of benzene rings is 1. The normalized spacial score (nSPS) is 12.4. The van der Waals surface area contributed by atoms with Gasteiger partial charge in [0.15, 0.2) is 0 Å². The van der Waals surface area contributed by atoms with Gasteiger partial charge in [-0.3, -0.25) is 4.68 Å². The monoisotopic (exact) mass is 309 g/mol. The van der Waals surface area contributed by atoms with Crippen molar-refractivity contribution < 1.29 is 5.11 Å². The summed E-state index contributed by atoms with van der Waals surface area (Å²) in [6, 6.07) is 5.53. The molecule has 0 aliphatic carbocycles. The SMILES string of the molecule is CCC(Nc1cnn(C)c1)c1cc(Br)ccc1O. The number of hydrogen-bond donors (Lipinski definition) is 2. The highest BCUT2D eigenvalue weighted by atomic mass is 79.9. The van der Waals surface area contributed by atoms with Gasteiger partial charge in [0.25, 0.3) is 0 Å². The molecule has 1 unspecified atom stereocenters. The highest BCUT2D eigenvalue weighted by molar-refractivity contribution is 9.10. The summed E-state index contributed by atoms with van der Waals surface area (Å²) >= 11 is 3.43. The van der Waals surface area contributed by atoms with Gasteiger partial charge in [0.05, 0.1) is 17.9 Å². The lowest BCUT2D eigenvalue weighted by Gasteiger charge is -2.18. The number of hydrogen-bond acceptors (Lipinski definition) is 3. The van der Waals surface area contributed by atoms with Gasteiger partial charge in [-0.15, -0.1) is 0 Å². The highest BCUT2D eigenvalue weighted by Crippen LogP contribution is 2.31. The van der Waals surface area contributed by atoms with Crippen LogP contribution in [0.3, 0.4) is 0 Å². The van der Waals surface area contributed by atoms with Crippen molar-refractivity contribution in [3.63, 3.8) is 0 Å². The molecule has 0 bridgehead atoms. The van der Waals surface area contributed by atoms with E-state index >= 15 is 0 Å². The van der Waals surface area contributed by atoms with E-state index in [2.05, 4.69) is 33.3 Å². The molecule has 2 rings (SSSR count). The van der Waals surface area contributed by atoms with E-state index in [-0.39, 0.29) is 6.04 Å². The average Bonchev–Trinajstić information content (AvgIpc) is 2.75. The Kier molecular flexibility index (Phi) is 3.91. The Labute approximate surface area is 115 Å². The van der Waals surface area contributed by atoms with Crippen LogP contribution in [0.4, 0.5) is 5.69 Å². The summed E-state index contributed by atoms with van der Waals surface area (Å²) in [6.07, 6.45) is 4.56. The number of aromatic hydroxyl groups is 1. The van der Waals surface area contributed by atoms with E-state index in [1.807, 2.05) is 25.4 Å². The van der Waals surface area contributed by atoms with Crippen LogP contribution < -0.4 is 5.32 Å². The minimum Gasteiger partial charge on any atom is -0.508 e. The lowest BCUT2D eigenvalue weighted by molar-refractivity contribution is 0.462.